The Kier molecular flexibility index (Phi) is 3.69. The molecule has 1 saturated carbocycles. The van der Waals surface area contributed by atoms with Crippen molar-refractivity contribution in [3.63, 3.8) is 0 Å². The van der Waals surface area contributed by atoms with Gasteiger partial charge in [0.05, 0.1) is 17.1 Å². The Bertz CT molecular complexity index is 1040. The molecule has 4 rings (SSSR count). The monoisotopic (exact) mass is 379 g/mol. The number of aryl methyl sites for hydroxylation is 2. The van der Waals surface area contributed by atoms with Gasteiger partial charge in [-0.1, -0.05) is 5.16 Å². The van der Waals surface area contributed by atoms with E-state index in [1.165, 1.54) is 11.3 Å². The summed E-state index contributed by atoms with van der Waals surface area (Å²) in [5.41, 5.74) is 1.47. The van der Waals surface area contributed by atoms with Gasteiger partial charge < -0.3 is 4.52 Å². The van der Waals surface area contributed by atoms with Crippen LogP contribution in [-0.2, 0) is 17.1 Å². The lowest BCUT2D eigenvalue weighted by molar-refractivity contribution is 0.423. The molecular formula is C15H17N5O3S2. The van der Waals surface area contributed by atoms with Crippen LogP contribution < -0.4 is 4.72 Å². The van der Waals surface area contributed by atoms with E-state index >= 15 is 0 Å². The normalized spacial score (nSPS) is 14.8. The van der Waals surface area contributed by atoms with E-state index in [4.69, 9.17) is 4.52 Å². The summed E-state index contributed by atoms with van der Waals surface area (Å²) < 4.78 is 35.2. The van der Waals surface area contributed by atoms with Crippen LogP contribution in [0.1, 0.15) is 36.0 Å². The highest BCUT2D eigenvalue weighted by molar-refractivity contribution is 7.92. The van der Waals surface area contributed by atoms with Gasteiger partial charge in [-0.2, -0.15) is 10.1 Å². The second-order valence-electron chi connectivity index (χ2n) is 6.12. The largest absolute Gasteiger partial charge is 0.333 e. The lowest BCUT2D eigenvalue weighted by Crippen LogP contribution is -2.15. The molecule has 0 radical (unpaired) electrons. The number of sulfonamides is 1. The highest BCUT2D eigenvalue weighted by Crippen LogP contribution is 2.40. The molecule has 1 aliphatic rings. The summed E-state index contributed by atoms with van der Waals surface area (Å²) in [6.07, 6.45) is 2.14. The molecule has 0 atom stereocenters. The lowest BCUT2D eigenvalue weighted by atomic mass is 10.4. The lowest BCUT2D eigenvalue weighted by Gasteiger charge is -2.08. The maximum absolute atomic E-state index is 12.8. The fourth-order valence-corrected chi connectivity index (χ4v) is 5.08. The van der Waals surface area contributed by atoms with Crippen molar-refractivity contribution in [1.29, 1.82) is 0 Å². The fraction of sp³-hybridized carbons (Fsp3) is 0.400. The van der Waals surface area contributed by atoms with E-state index in [0.29, 0.717) is 39.6 Å². The highest BCUT2D eigenvalue weighted by atomic mass is 32.2. The van der Waals surface area contributed by atoms with Crippen molar-refractivity contribution in [2.75, 3.05) is 4.72 Å². The van der Waals surface area contributed by atoms with Crippen molar-refractivity contribution in [3.05, 3.63) is 28.7 Å². The Balaban J connectivity index is 1.68. The fourth-order valence-electron chi connectivity index (χ4n) is 2.73. The summed E-state index contributed by atoms with van der Waals surface area (Å²) in [6.45, 7) is 3.40. The van der Waals surface area contributed by atoms with E-state index < -0.39 is 10.0 Å². The minimum absolute atomic E-state index is 0.191. The van der Waals surface area contributed by atoms with E-state index in [9.17, 15) is 8.42 Å². The third-order valence-corrected chi connectivity index (χ3v) is 6.72. The van der Waals surface area contributed by atoms with Gasteiger partial charge in [0.15, 0.2) is 5.82 Å². The molecule has 132 valence electrons. The Morgan fingerprint density at radius 3 is 2.76 bits per heavy atom. The third-order valence-electron chi connectivity index (χ3n) is 4.20. The summed E-state index contributed by atoms with van der Waals surface area (Å²) in [6, 6.07) is 1.69. The standard InChI is InChI=1S/C15H17N5O3S2/c1-8-13(9(2)20(3)17-8)25(21,22)19-11-6-7-24-12(11)15-16-14(18-23-15)10-4-5-10/h6-7,10,19H,4-5H2,1-3H3. The number of nitrogens with one attached hydrogen (secondary N) is 1. The van der Waals surface area contributed by atoms with Crippen molar-refractivity contribution in [2.24, 2.45) is 7.05 Å². The van der Waals surface area contributed by atoms with Crippen LogP contribution in [0.2, 0.25) is 0 Å². The predicted octanol–water partition coefficient (Wildman–Crippen LogP) is 2.83. The molecule has 1 aliphatic carbocycles. The maximum atomic E-state index is 12.8. The van der Waals surface area contributed by atoms with Crippen LogP contribution in [0.5, 0.6) is 0 Å². The molecule has 1 fully saturated rings. The first kappa shape index (κ1) is 16.3. The van der Waals surface area contributed by atoms with Crippen LogP contribution in [-0.4, -0.2) is 28.3 Å². The molecule has 0 amide bonds. The number of rotatable bonds is 5. The first-order valence-corrected chi connectivity index (χ1v) is 10.2. The molecule has 0 bridgehead atoms. The van der Waals surface area contributed by atoms with Crippen molar-refractivity contribution in [1.82, 2.24) is 19.9 Å². The van der Waals surface area contributed by atoms with Crippen molar-refractivity contribution < 1.29 is 12.9 Å². The summed E-state index contributed by atoms with van der Waals surface area (Å²) in [4.78, 5) is 5.20. The minimum atomic E-state index is -3.77. The van der Waals surface area contributed by atoms with Crippen LogP contribution in [0, 0.1) is 13.8 Å². The Morgan fingerprint density at radius 2 is 2.12 bits per heavy atom. The van der Waals surface area contributed by atoms with Gasteiger partial charge in [-0.05, 0) is 38.1 Å². The molecule has 3 heterocycles. The first-order chi connectivity index (χ1) is 11.9. The van der Waals surface area contributed by atoms with Gasteiger partial charge >= 0.3 is 0 Å². The van der Waals surface area contributed by atoms with Gasteiger partial charge in [-0.25, -0.2) is 8.42 Å². The van der Waals surface area contributed by atoms with Gasteiger partial charge in [0.1, 0.15) is 9.77 Å². The van der Waals surface area contributed by atoms with Crippen molar-refractivity contribution >= 4 is 27.0 Å². The smallest absolute Gasteiger partial charge is 0.270 e. The quantitative estimate of drug-likeness (QED) is 0.731. The van der Waals surface area contributed by atoms with E-state index in [1.807, 2.05) is 0 Å². The zero-order valence-electron chi connectivity index (χ0n) is 14.0. The van der Waals surface area contributed by atoms with E-state index in [2.05, 4.69) is 20.0 Å². The van der Waals surface area contributed by atoms with Crippen LogP contribution in [0.4, 0.5) is 5.69 Å². The van der Waals surface area contributed by atoms with Crippen molar-refractivity contribution in [3.8, 4) is 10.8 Å². The molecule has 0 saturated heterocycles. The molecule has 8 nitrogen and oxygen atoms in total. The van der Waals surface area contributed by atoms with Crippen LogP contribution in [0.15, 0.2) is 20.9 Å². The van der Waals surface area contributed by atoms with Gasteiger partial charge in [-0.15, -0.1) is 11.3 Å². The Labute approximate surface area is 148 Å². The predicted molar refractivity (Wildman–Crippen MR) is 93.1 cm³/mol. The Hall–Kier alpha value is -2.20. The Morgan fingerprint density at radius 1 is 1.36 bits per heavy atom. The molecule has 10 heteroatoms. The molecule has 3 aromatic heterocycles. The average molecular weight is 379 g/mol. The third kappa shape index (κ3) is 2.85. The summed E-state index contributed by atoms with van der Waals surface area (Å²) >= 11 is 1.35. The van der Waals surface area contributed by atoms with Crippen LogP contribution >= 0.6 is 11.3 Å². The molecule has 0 spiro atoms. The number of aromatic nitrogens is 4. The zero-order valence-corrected chi connectivity index (χ0v) is 15.6. The highest BCUT2D eigenvalue weighted by Gasteiger charge is 2.30. The second-order valence-corrected chi connectivity index (χ2v) is 8.66. The zero-order chi connectivity index (χ0) is 17.8. The molecule has 25 heavy (non-hydrogen) atoms. The maximum Gasteiger partial charge on any atom is 0.270 e. The topological polar surface area (TPSA) is 103 Å². The average Bonchev–Trinajstić information content (AvgIpc) is 2.98. The molecule has 1 N–H and O–H groups in total. The van der Waals surface area contributed by atoms with Gasteiger partial charge in [0, 0.05) is 13.0 Å². The van der Waals surface area contributed by atoms with E-state index in [0.717, 1.165) is 12.8 Å². The molecule has 0 aliphatic heterocycles. The number of nitrogens with zero attached hydrogens (tertiary/aromatic N) is 4. The molecule has 0 unspecified atom stereocenters. The number of thiophene rings is 1. The van der Waals surface area contributed by atoms with Gasteiger partial charge in [0.25, 0.3) is 15.9 Å². The SMILES string of the molecule is Cc1nn(C)c(C)c1S(=O)(=O)Nc1ccsc1-c1nc(C2CC2)no1. The van der Waals surface area contributed by atoms with Gasteiger partial charge in [-0.3, -0.25) is 9.40 Å². The second kappa shape index (κ2) is 5.67. The van der Waals surface area contributed by atoms with E-state index in [1.54, 1.807) is 37.0 Å². The van der Waals surface area contributed by atoms with Crippen molar-refractivity contribution in [2.45, 2.75) is 37.5 Å². The number of anilines is 1. The minimum Gasteiger partial charge on any atom is -0.333 e. The number of hydrogen-bond acceptors (Lipinski definition) is 7. The van der Waals surface area contributed by atoms with Gasteiger partial charge in [0.2, 0.25) is 0 Å². The first-order valence-electron chi connectivity index (χ1n) is 7.81. The molecule has 0 aromatic carbocycles. The molecule has 3 aromatic rings. The summed E-state index contributed by atoms with van der Waals surface area (Å²) in [7, 11) is -2.05. The molecular weight excluding hydrogens is 362 g/mol. The number of hydrogen-bond donors (Lipinski definition) is 1. The summed E-state index contributed by atoms with van der Waals surface area (Å²) in [5, 5.41) is 9.96. The van der Waals surface area contributed by atoms with Crippen LogP contribution in [0.3, 0.4) is 0 Å². The van der Waals surface area contributed by atoms with E-state index in [-0.39, 0.29) is 4.90 Å². The van der Waals surface area contributed by atoms with Crippen LogP contribution in [0.25, 0.3) is 10.8 Å². The summed E-state index contributed by atoms with van der Waals surface area (Å²) in [5.74, 6) is 1.41.